The molecule has 36 heavy (non-hydrogen) atoms. The molecule has 2 aliphatic heterocycles. The lowest BCUT2D eigenvalue weighted by Gasteiger charge is -2.30. The van der Waals surface area contributed by atoms with Crippen LogP contribution in [-0.4, -0.2) is 73.8 Å². The van der Waals surface area contributed by atoms with Crippen LogP contribution in [0.3, 0.4) is 0 Å². The first-order valence-corrected chi connectivity index (χ1v) is 12.3. The molecule has 3 aromatic rings. The number of anilines is 3. The van der Waals surface area contributed by atoms with Crippen molar-refractivity contribution < 1.29 is 14.2 Å². The van der Waals surface area contributed by atoms with Crippen molar-refractivity contribution >= 4 is 35.7 Å². The maximum absolute atomic E-state index is 5.93. The largest absolute Gasteiger partial charge is 0.489 e. The van der Waals surface area contributed by atoms with Crippen molar-refractivity contribution in [1.29, 1.82) is 0 Å². The zero-order valence-electron chi connectivity index (χ0n) is 19.8. The Hall–Kier alpha value is -3.47. The van der Waals surface area contributed by atoms with E-state index in [1.165, 1.54) is 0 Å². The predicted octanol–water partition coefficient (Wildman–Crippen LogP) is 3.22. The maximum Gasteiger partial charge on any atom is 0.250 e. The highest BCUT2D eigenvalue weighted by molar-refractivity contribution is 6.30. The van der Waals surface area contributed by atoms with Gasteiger partial charge in [0.25, 0.3) is 0 Å². The van der Waals surface area contributed by atoms with Crippen molar-refractivity contribution in [3.8, 4) is 5.75 Å². The summed E-state index contributed by atoms with van der Waals surface area (Å²) in [5.74, 6) is 2.41. The topological polar surface area (TPSA) is 97.2 Å². The van der Waals surface area contributed by atoms with Crippen LogP contribution in [0.5, 0.6) is 5.75 Å². The molecule has 0 spiro atoms. The molecule has 0 saturated carbocycles. The van der Waals surface area contributed by atoms with Crippen LogP contribution in [0.15, 0.2) is 53.6 Å². The second kappa shape index (κ2) is 12.0. The molecule has 2 saturated heterocycles. The Kier molecular flexibility index (Phi) is 8.06. The molecule has 11 heteroatoms. The molecule has 188 valence electrons. The van der Waals surface area contributed by atoms with Crippen molar-refractivity contribution in [1.82, 2.24) is 15.0 Å². The number of rotatable bonds is 8. The van der Waals surface area contributed by atoms with Gasteiger partial charge in [-0.15, -0.1) is 0 Å². The van der Waals surface area contributed by atoms with Gasteiger partial charge in [-0.05, 0) is 47.5 Å². The van der Waals surface area contributed by atoms with E-state index in [4.69, 9.17) is 30.8 Å². The second-order valence-corrected chi connectivity index (χ2v) is 8.75. The highest BCUT2D eigenvalue weighted by Crippen LogP contribution is 2.19. The van der Waals surface area contributed by atoms with Crippen molar-refractivity contribution in [3.05, 3.63) is 64.7 Å². The van der Waals surface area contributed by atoms with Gasteiger partial charge in [0.1, 0.15) is 12.4 Å². The molecule has 3 heterocycles. The lowest BCUT2D eigenvalue weighted by Crippen LogP contribution is -2.40. The monoisotopic (exact) mass is 509 g/mol. The summed E-state index contributed by atoms with van der Waals surface area (Å²) in [6, 6.07) is 15.3. The minimum Gasteiger partial charge on any atom is -0.489 e. The van der Waals surface area contributed by atoms with E-state index in [1.54, 1.807) is 6.21 Å². The number of morpholine rings is 2. The fourth-order valence-corrected chi connectivity index (χ4v) is 3.90. The van der Waals surface area contributed by atoms with Crippen molar-refractivity contribution in [2.75, 3.05) is 67.8 Å². The van der Waals surface area contributed by atoms with Crippen LogP contribution in [0.4, 0.5) is 17.8 Å². The highest BCUT2D eigenvalue weighted by atomic mass is 35.5. The number of benzene rings is 2. The molecule has 0 unspecified atom stereocenters. The van der Waals surface area contributed by atoms with E-state index < -0.39 is 0 Å². The minimum absolute atomic E-state index is 0.396. The molecule has 1 aromatic heterocycles. The Labute approximate surface area is 214 Å². The Morgan fingerprint density at radius 2 is 1.42 bits per heavy atom. The first kappa shape index (κ1) is 24.2. The van der Waals surface area contributed by atoms with Crippen LogP contribution < -0.4 is 20.0 Å². The van der Waals surface area contributed by atoms with Crippen LogP contribution in [0.25, 0.3) is 0 Å². The van der Waals surface area contributed by atoms with Crippen LogP contribution in [0, 0.1) is 0 Å². The fourth-order valence-electron chi connectivity index (χ4n) is 3.78. The average Bonchev–Trinajstić information content (AvgIpc) is 2.94. The molecule has 2 aromatic carbocycles. The van der Waals surface area contributed by atoms with Gasteiger partial charge < -0.3 is 24.0 Å². The van der Waals surface area contributed by atoms with Gasteiger partial charge in [0.15, 0.2) is 0 Å². The first-order chi connectivity index (χ1) is 17.7. The molecule has 0 radical (unpaired) electrons. The Morgan fingerprint density at radius 1 is 0.833 bits per heavy atom. The lowest BCUT2D eigenvalue weighted by molar-refractivity contribution is 0.121. The number of hydrazone groups is 1. The van der Waals surface area contributed by atoms with Gasteiger partial charge in [-0.25, -0.2) is 5.43 Å². The van der Waals surface area contributed by atoms with E-state index in [0.717, 1.165) is 43.1 Å². The third-order valence-electron chi connectivity index (χ3n) is 5.78. The highest BCUT2D eigenvalue weighted by Gasteiger charge is 2.20. The summed E-state index contributed by atoms with van der Waals surface area (Å²) in [6.07, 6.45) is 1.72. The molecular formula is C25H28ClN7O3. The van der Waals surface area contributed by atoms with Gasteiger partial charge in [0, 0.05) is 31.2 Å². The summed E-state index contributed by atoms with van der Waals surface area (Å²) >= 11 is 5.93. The number of ether oxygens (including phenoxy) is 3. The van der Waals surface area contributed by atoms with E-state index in [1.807, 2.05) is 48.5 Å². The quantitative estimate of drug-likeness (QED) is 0.362. The van der Waals surface area contributed by atoms with E-state index >= 15 is 0 Å². The zero-order chi connectivity index (χ0) is 24.6. The second-order valence-electron chi connectivity index (χ2n) is 8.31. The van der Waals surface area contributed by atoms with E-state index in [0.29, 0.717) is 55.9 Å². The number of nitrogens with zero attached hydrogens (tertiary/aromatic N) is 6. The van der Waals surface area contributed by atoms with E-state index in [-0.39, 0.29) is 0 Å². The Bertz CT molecular complexity index is 1110. The third kappa shape index (κ3) is 6.60. The van der Waals surface area contributed by atoms with Crippen molar-refractivity contribution in [2.24, 2.45) is 5.10 Å². The summed E-state index contributed by atoms with van der Waals surface area (Å²) in [7, 11) is 0. The van der Waals surface area contributed by atoms with E-state index in [2.05, 4.69) is 30.3 Å². The number of halogens is 1. The molecular weight excluding hydrogens is 482 g/mol. The Morgan fingerprint density at radius 3 is 2.00 bits per heavy atom. The molecule has 0 amide bonds. The number of hydrogen-bond donors (Lipinski definition) is 1. The first-order valence-electron chi connectivity index (χ1n) is 11.9. The summed E-state index contributed by atoms with van der Waals surface area (Å²) in [5, 5.41) is 5.06. The SMILES string of the molecule is Clc1ccc(COc2ccc(C=NNc3nc(N4CCOCC4)nc(N4CCOCC4)n3)cc2)cc1. The smallest absolute Gasteiger partial charge is 0.250 e. The standard InChI is InChI=1S/C25H28ClN7O3/c26-21-5-1-20(2-6-21)18-36-22-7-3-19(4-8-22)17-27-31-23-28-24(32-9-13-34-14-10-32)30-25(29-23)33-11-15-35-16-12-33/h1-8,17H,9-16,18H2,(H,28,29,30,31). The number of aromatic nitrogens is 3. The summed E-state index contributed by atoms with van der Waals surface area (Å²) in [5.41, 5.74) is 4.94. The number of nitrogens with one attached hydrogen (secondary N) is 1. The molecule has 5 rings (SSSR count). The molecule has 0 aliphatic carbocycles. The average molecular weight is 510 g/mol. The summed E-state index contributed by atoms with van der Waals surface area (Å²) < 4.78 is 16.8. The third-order valence-corrected chi connectivity index (χ3v) is 6.03. The number of hydrogen-bond acceptors (Lipinski definition) is 10. The van der Waals surface area contributed by atoms with E-state index in [9.17, 15) is 0 Å². The van der Waals surface area contributed by atoms with Gasteiger partial charge >= 0.3 is 0 Å². The molecule has 2 aliphatic rings. The van der Waals surface area contributed by atoms with Crippen molar-refractivity contribution in [3.63, 3.8) is 0 Å². The normalized spacial score (nSPS) is 16.4. The Balaban J connectivity index is 1.23. The van der Waals surface area contributed by atoms with Gasteiger partial charge in [0.2, 0.25) is 17.8 Å². The van der Waals surface area contributed by atoms with Crippen molar-refractivity contribution in [2.45, 2.75) is 6.61 Å². The van der Waals surface area contributed by atoms with Crippen LogP contribution in [0.1, 0.15) is 11.1 Å². The predicted molar refractivity (Wildman–Crippen MR) is 139 cm³/mol. The van der Waals surface area contributed by atoms with Crippen LogP contribution in [0.2, 0.25) is 5.02 Å². The van der Waals surface area contributed by atoms with Gasteiger partial charge in [-0.2, -0.15) is 20.1 Å². The lowest BCUT2D eigenvalue weighted by atomic mass is 10.2. The van der Waals surface area contributed by atoms with Gasteiger partial charge in [0.05, 0.1) is 32.6 Å². The molecule has 10 nitrogen and oxygen atoms in total. The van der Waals surface area contributed by atoms with Crippen LogP contribution in [-0.2, 0) is 16.1 Å². The van der Waals surface area contributed by atoms with Gasteiger partial charge in [-0.1, -0.05) is 23.7 Å². The van der Waals surface area contributed by atoms with Crippen LogP contribution >= 0.6 is 11.6 Å². The fraction of sp³-hybridized carbons (Fsp3) is 0.360. The molecule has 2 fully saturated rings. The molecule has 0 atom stereocenters. The van der Waals surface area contributed by atoms with Gasteiger partial charge in [-0.3, -0.25) is 0 Å². The maximum atomic E-state index is 5.93. The minimum atomic E-state index is 0.396. The summed E-state index contributed by atoms with van der Waals surface area (Å²) in [6.45, 7) is 6.03. The zero-order valence-corrected chi connectivity index (χ0v) is 20.6. The molecule has 1 N–H and O–H groups in total. The molecule has 0 bridgehead atoms. The summed E-state index contributed by atoms with van der Waals surface area (Å²) in [4.78, 5) is 18.1.